The van der Waals surface area contributed by atoms with Crippen LogP contribution in [0.5, 0.6) is 0 Å². The van der Waals surface area contributed by atoms with Crippen molar-refractivity contribution in [3.05, 3.63) is 35.4 Å². The maximum atomic E-state index is 14.7. The summed E-state index contributed by atoms with van der Waals surface area (Å²) in [6.07, 6.45) is 4.06. The molecule has 0 amide bonds. The smallest absolute Gasteiger partial charge is 0.150 e. The van der Waals surface area contributed by atoms with E-state index in [1.54, 1.807) is 0 Å². The number of benzene rings is 1. The van der Waals surface area contributed by atoms with Crippen molar-refractivity contribution < 1.29 is 4.39 Å². The molecule has 16 heavy (non-hydrogen) atoms. The quantitative estimate of drug-likeness (QED) is 0.812. The fourth-order valence-electron chi connectivity index (χ4n) is 2.34. The molecule has 0 spiro atoms. The summed E-state index contributed by atoms with van der Waals surface area (Å²) in [4.78, 5) is 0. The fourth-order valence-corrected chi connectivity index (χ4v) is 2.34. The third-order valence-corrected chi connectivity index (χ3v) is 3.47. The lowest BCUT2D eigenvalue weighted by Gasteiger charge is -2.24. The van der Waals surface area contributed by atoms with Gasteiger partial charge in [0.2, 0.25) is 0 Å². The first-order valence-electron chi connectivity index (χ1n) is 6.19. The molecule has 1 aromatic carbocycles. The van der Waals surface area contributed by atoms with Crippen LogP contribution in [0.1, 0.15) is 37.3 Å². The Labute approximate surface area is 96.9 Å². The van der Waals surface area contributed by atoms with Crippen molar-refractivity contribution in [2.24, 2.45) is 11.7 Å². The van der Waals surface area contributed by atoms with Gasteiger partial charge in [-0.25, -0.2) is 4.39 Å². The summed E-state index contributed by atoms with van der Waals surface area (Å²) in [5, 5.41) is 0. The summed E-state index contributed by atoms with van der Waals surface area (Å²) in [7, 11) is 0. The molecular weight excluding hydrogens is 201 g/mol. The van der Waals surface area contributed by atoms with Gasteiger partial charge in [0, 0.05) is 6.54 Å². The van der Waals surface area contributed by atoms with E-state index < -0.39 is 5.67 Å². The van der Waals surface area contributed by atoms with Crippen molar-refractivity contribution in [3.8, 4) is 0 Å². The molecule has 1 atom stereocenters. The Morgan fingerprint density at radius 2 is 2.19 bits per heavy atom. The average Bonchev–Trinajstić information content (AvgIpc) is 3.13. The van der Waals surface area contributed by atoms with Gasteiger partial charge < -0.3 is 5.73 Å². The summed E-state index contributed by atoms with van der Waals surface area (Å²) in [6, 6.07) is 7.89. The number of hydrogen-bond donors (Lipinski definition) is 1. The Morgan fingerprint density at radius 1 is 1.44 bits per heavy atom. The Bertz CT molecular complexity index is 360. The lowest BCUT2D eigenvalue weighted by atomic mass is 9.89. The van der Waals surface area contributed by atoms with E-state index in [4.69, 9.17) is 5.73 Å². The predicted octanol–water partition coefficient (Wildman–Crippen LogP) is 3.17. The highest BCUT2D eigenvalue weighted by atomic mass is 19.1. The number of aryl methyl sites for hydroxylation is 1. The van der Waals surface area contributed by atoms with Gasteiger partial charge in [0.1, 0.15) is 0 Å². The summed E-state index contributed by atoms with van der Waals surface area (Å²) < 4.78 is 14.7. The van der Waals surface area contributed by atoms with E-state index in [-0.39, 0.29) is 12.5 Å². The second-order valence-electron chi connectivity index (χ2n) is 4.79. The minimum Gasteiger partial charge on any atom is -0.327 e. The van der Waals surface area contributed by atoms with Crippen LogP contribution in [0, 0.1) is 5.92 Å². The molecule has 1 nitrogen and oxygen atoms in total. The van der Waals surface area contributed by atoms with Crippen molar-refractivity contribution in [3.63, 3.8) is 0 Å². The van der Waals surface area contributed by atoms with E-state index in [1.807, 2.05) is 18.2 Å². The molecule has 0 heterocycles. The van der Waals surface area contributed by atoms with Crippen molar-refractivity contribution in [1.29, 1.82) is 0 Å². The second kappa shape index (κ2) is 4.54. The molecule has 1 aromatic rings. The molecule has 1 aliphatic carbocycles. The van der Waals surface area contributed by atoms with Gasteiger partial charge in [-0.3, -0.25) is 0 Å². The topological polar surface area (TPSA) is 26.0 Å². The average molecular weight is 221 g/mol. The predicted molar refractivity (Wildman–Crippen MR) is 65.0 cm³/mol. The molecule has 2 N–H and O–H groups in total. The van der Waals surface area contributed by atoms with Crippen LogP contribution in [0.15, 0.2) is 24.3 Å². The first-order valence-corrected chi connectivity index (χ1v) is 6.19. The Balaban J connectivity index is 2.27. The molecule has 1 aliphatic rings. The minimum absolute atomic E-state index is 0.104. The van der Waals surface area contributed by atoms with Crippen molar-refractivity contribution in [2.75, 3.05) is 6.54 Å². The van der Waals surface area contributed by atoms with Gasteiger partial charge in [-0.15, -0.1) is 0 Å². The maximum absolute atomic E-state index is 14.7. The van der Waals surface area contributed by atoms with Crippen molar-refractivity contribution >= 4 is 0 Å². The monoisotopic (exact) mass is 221 g/mol. The Hall–Kier alpha value is -0.890. The summed E-state index contributed by atoms with van der Waals surface area (Å²) >= 11 is 0. The van der Waals surface area contributed by atoms with Gasteiger partial charge in [-0.2, -0.15) is 0 Å². The summed E-state index contributed by atoms with van der Waals surface area (Å²) in [6.45, 7) is 2.24. The van der Waals surface area contributed by atoms with Gasteiger partial charge in [0.05, 0.1) is 0 Å². The fraction of sp³-hybridized carbons (Fsp3) is 0.571. The minimum atomic E-state index is -1.29. The van der Waals surface area contributed by atoms with Crippen molar-refractivity contribution in [2.45, 2.75) is 38.3 Å². The highest BCUT2D eigenvalue weighted by Crippen LogP contribution is 2.48. The Morgan fingerprint density at radius 3 is 2.75 bits per heavy atom. The van der Waals surface area contributed by atoms with Crippen LogP contribution in [-0.2, 0) is 12.1 Å². The number of hydrogen-bond acceptors (Lipinski definition) is 1. The second-order valence-corrected chi connectivity index (χ2v) is 4.79. The third-order valence-electron chi connectivity index (χ3n) is 3.47. The molecule has 0 aliphatic heterocycles. The number of rotatable bonds is 5. The molecule has 0 bridgehead atoms. The molecule has 0 radical (unpaired) electrons. The van der Waals surface area contributed by atoms with Gasteiger partial charge in [0.15, 0.2) is 5.67 Å². The molecule has 2 rings (SSSR count). The van der Waals surface area contributed by atoms with Crippen LogP contribution in [0.4, 0.5) is 4.39 Å². The zero-order chi connectivity index (χ0) is 11.6. The molecule has 1 unspecified atom stereocenters. The zero-order valence-corrected chi connectivity index (χ0v) is 9.88. The van der Waals surface area contributed by atoms with Crippen LogP contribution in [0.25, 0.3) is 0 Å². The highest BCUT2D eigenvalue weighted by molar-refractivity contribution is 5.30. The third kappa shape index (κ3) is 2.12. The number of halogens is 1. The van der Waals surface area contributed by atoms with E-state index in [2.05, 4.69) is 13.0 Å². The molecule has 2 heteroatoms. The van der Waals surface area contributed by atoms with Gasteiger partial charge >= 0.3 is 0 Å². The first kappa shape index (κ1) is 11.6. The van der Waals surface area contributed by atoms with Crippen LogP contribution >= 0.6 is 0 Å². The summed E-state index contributed by atoms with van der Waals surface area (Å²) in [5.41, 5.74) is 6.34. The van der Waals surface area contributed by atoms with Crippen LogP contribution in [-0.4, -0.2) is 6.54 Å². The number of alkyl halides is 1. The van der Waals surface area contributed by atoms with Crippen LogP contribution in [0.2, 0.25) is 0 Å². The SMILES string of the molecule is CCCc1cccc(C(F)(CN)C2CC2)c1. The zero-order valence-electron chi connectivity index (χ0n) is 9.88. The van der Waals surface area contributed by atoms with Crippen molar-refractivity contribution in [1.82, 2.24) is 0 Å². The van der Waals surface area contributed by atoms with Crippen LogP contribution < -0.4 is 5.73 Å². The van der Waals surface area contributed by atoms with E-state index in [0.717, 1.165) is 31.2 Å². The Kier molecular flexibility index (Phi) is 3.29. The first-order chi connectivity index (χ1) is 7.70. The largest absolute Gasteiger partial charge is 0.327 e. The maximum Gasteiger partial charge on any atom is 0.150 e. The van der Waals surface area contributed by atoms with Gasteiger partial charge in [-0.1, -0.05) is 37.6 Å². The molecule has 1 fully saturated rings. The summed E-state index contributed by atoms with van der Waals surface area (Å²) in [5.74, 6) is 0.148. The normalized spacial score (nSPS) is 19.4. The molecule has 1 saturated carbocycles. The lowest BCUT2D eigenvalue weighted by Crippen LogP contribution is -2.32. The molecular formula is C14H20FN. The lowest BCUT2D eigenvalue weighted by molar-refractivity contribution is 0.143. The van der Waals surface area contributed by atoms with E-state index in [9.17, 15) is 4.39 Å². The van der Waals surface area contributed by atoms with Gasteiger partial charge in [0.25, 0.3) is 0 Å². The van der Waals surface area contributed by atoms with E-state index in [0.29, 0.717) is 0 Å². The molecule has 0 aromatic heterocycles. The van der Waals surface area contributed by atoms with Gasteiger partial charge in [-0.05, 0) is 36.3 Å². The van der Waals surface area contributed by atoms with Crippen LogP contribution in [0.3, 0.4) is 0 Å². The van der Waals surface area contributed by atoms with E-state index in [1.165, 1.54) is 5.56 Å². The highest BCUT2D eigenvalue weighted by Gasteiger charge is 2.46. The molecule has 0 saturated heterocycles. The van der Waals surface area contributed by atoms with E-state index >= 15 is 0 Å². The number of nitrogens with two attached hydrogens (primary N) is 1. The standard InChI is InChI=1S/C14H20FN/c1-2-4-11-5-3-6-13(9-11)14(15,10-16)12-7-8-12/h3,5-6,9,12H,2,4,7-8,10,16H2,1H3. The molecule has 88 valence electrons.